The van der Waals surface area contributed by atoms with Crippen LogP contribution in [-0.2, 0) is 6.54 Å². The van der Waals surface area contributed by atoms with Crippen molar-refractivity contribution in [2.24, 2.45) is 0 Å². The number of hydrazine groups is 1. The van der Waals surface area contributed by atoms with E-state index >= 15 is 0 Å². The molecule has 8 heteroatoms. The number of rotatable bonds is 4. The quantitative estimate of drug-likeness (QED) is 0.402. The molecule has 0 aliphatic rings. The van der Waals surface area contributed by atoms with Gasteiger partial charge in [-0.3, -0.25) is 25.0 Å². The van der Waals surface area contributed by atoms with Crippen LogP contribution >= 0.6 is 0 Å². The van der Waals surface area contributed by atoms with E-state index in [4.69, 9.17) is 0 Å². The highest BCUT2D eigenvalue weighted by Gasteiger charge is 2.15. The maximum atomic E-state index is 12.7. The predicted octanol–water partition coefficient (Wildman–Crippen LogP) is 4.09. The van der Waals surface area contributed by atoms with E-state index in [2.05, 4.69) is 32.3 Å². The van der Waals surface area contributed by atoms with Crippen LogP contribution in [0, 0.1) is 13.8 Å². The number of carbonyl (C=O) groups is 2. The molecular formula is C26H24N6O2. The number of fused-ring (bicyclic) bond motifs is 2. The molecule has 8 nitrogen and oxygen atoms in total. The number of amides is 2. The van der Waals surface area contributed by atoms with E-state index in [1.54, 1.807) is 24.3 Å². The molecule has 5 rings (SSSR count). The van der Waals surface area contributed by atoms with Gasteiger partial charge in [-0.2, -0.15) is 0 Å². The van der Waals surface area contributed by atoms with Gasteiger partial charge < -0.3 is 4.57 Å². The third-order valence-corrected chi connectivity index (χ3v) is 5.91. The number of nitrogens with one attached hydrogen (secondary N) is 2. The van der Waals surface area contributed by atoms with Crippen LogP contribution in [0.25, 0.3) is 27.8 Å². The standard InChI is InChI=1S/C26H24N6O2/c1-4-31-16(2)27-21-14-18(10-12-23(21)31)25(33)29-30-26(34)19-11-13-24-22(15-19)28-17(3)32(24)20-8-6-5-7-9-20/h5-15H,4H2,1-3H3,(H,29,33)(H,30,34). The van der Waals surface area contributed by atoms with E-state index in [0.717, 1.165) is 40.4 Å². The lowest BCUT2D eigenvalue weighted by Crippen LogP contribution is -2.41. The Morgan fingerprint density at radius 2 is 1.32 bits per heavy atom. The molecule has 0 radical (unpaired) electrons. The highest BCUT2D eigenvalue weighted by atomic mass is 16.2. The molecule has 170 valence electrons. The lowest BCUT2D eigenvalue weighted by Gasteiger charge is -2.09. The number of aromatic nitrogens is 4. The Hall–Kier alpha value is -4.46. The van der Waals surface area contributed by atoms with Gasteiger partial charge in [-0.1, -0.05) is 18.2 Å². The van der Waals surface area contributed by atoms with Crippen molar-refractivity contribution in [2.75, 3.05) is 0 Å². The molecule has 2 N–H and O–H groups in total. The summed E-state index contributed by atoms with van der Waals surface area (Å²) in [5, 5.41) is 0. The highest BCUT2D eigenvalue weighted by molar-refractivity contribution is 6.01. The maximum absolute atomic E-state index is 12.7. The van der Waals surface area contributed by atoms with Gasteiger partial charge in [0, 0.05) is 23.4 Å². The number of para-hydroxylation sites is 1. The lowest BCUT2D eigenvalue weighted by molar-refractivity contribution is 0.0847. The second kappa shape index (κ2) is 8.47. The fraction of sp³-hybridized carbons (Fsp3) is 0.154. The third-order valence-electron chi connectivity index (χ3n) is 5.91. The first-order valence-electron chi connectivity index (χ1n) is 11.1. The maximum Gasteiger partial charge on any atom is 0.269 e. The molecule has 0 aliphatic heterocycles. The van der Waals surface area contributed by atoms with E-state index in [1.807, 2.05) is 60.9 Å². The summed E-state index contributed by atoms with van der Waals surface area (Å²) in [4.78, 5) is 34.5. The first kappa shape index (κ1) is 21.4. The molecule has 0 atom stereocenters. The molecule has 2 amide bonds. The molecular weight excluding hydrogens is 428 g/mol. The summed E-state index contributed by atoms with van der Waals surface area (Å²) in [7, 11) is 0. The molecule has 2 aromatic heterocycles. The topological polar surface area (TPSA) is 93.8 Å². The summed E-state index contributed by atoms with van der Waals surface area (Å²) < 4.78 is 4.12. The number of imidazole rings is 2. The minimum Gasteiger partial charge on any atom is -0.329 e. The molecule has 3 aromatic carbocycles. The second-order valence-electron chi connectivity index (χ2n) is 8.05. The van der Waals surface area contributed by atoms with Gasteiger partial charge in [0.2, 0.25) is 0 Å². The van der Waals surface area contributed by atoms with Crippen LogP contribution in [0.4, 0.5) is 0 Å². The Morgan fingerprint density at radius 3 is 1.94 bits per heavy atom. The average molecular weight is 453 g/mol. The van der Waals surface area contributed by atoms with E-state index < -0.39 is 11.8 Å². The molecule has 0 bridgehead atoms. The normalized spacial score (nSPS) is 11.1. The highest BCUT2D eigenvalue weighted by Crippen LogP contribution is 2.22. The Balaban J connectivity index is 1.33. The van der Waals surface area contributed by atoms with Gasteiger partial charge in [0.15, 0.2) is 0 Å². The van der Waals surface area contributed by atoms with E-state index in [0.29, 0.717) is 16.6 Å². The smallest absolute Gasteiger partial charge is 0.269 e. The van der Waals surface area contributed by atoms with Gasteiger partial charge in [-0.15, -0.1) is 0 Å². The summed E-state index contributed by atoms with van der Waals surface area (Å²) in [5.41, 5.74) is 10.1. The first-order valence-corrected chi connectivity index (χ1v) is 11.1. The largest absolute Gasteiger partial charge is 0.329 e. The first-order chi connectivity index (χ1) is 16.5. The van der Waals surface area contributed by atoms with Crippen molar-refractivity contribution >= 4 is 33.9 Å². The molecule has 0 fully saturated rings. The van der Waals surface area contributed by atoms with Crippen molar-refractivity contribution in [1.29, 1.82) is 0 Å². The molecule has 2 heterocycles. The molecule has 0 aliphatic carbocycles. The SMILES string of the molecule is CCn1c(C)nc2cc(C(=O)NNC(=O)c3ccc4c(c3)nc(C)n4-c3ccccc3)ccc21. The van der Waals surface area contributed by atoms with E-state index in [1.165, 1.54) is 0 Å². The van der Waals surface area contributed by atoms with Gasteiger partial charge in [0.1, 0.15) is 11.6 Å². The van der Waals surface area contributed by atoms with Crippen LogP contribution in [0.15, 0.2) is 66.7 Å². The Morgan fingerprint density at radius 1 is 0.765 bits per heavy atom. The summed E-state index contributed by atoms with van der Waals surface area (Å²) in [5.74, 6) is 0.880. The van der Waals surface area contributed by atoms with Crippen LogP contribution in [0.2, 0.25) is 0 Å². The summed E-state index contributed by atoms with van der Waals surface area (Å²) in [6.45, 7) is 6.71. The average Bonchev–Trinajstić information content (AvgIpc) is 3.35. The molecule has 0 unspecified atom stereocenters. The van der Waals surface area contributed by atoms with Crippen molar-refractivity contribution < 1.29 is 9.59 Å². The lowest BCUT2D eigenvalue weighted by atomic mass is 10.2. The van der Waals surface area contributed by atoms with Gasteiger partial charge in [-0.05, 0) is 69.3 Å². The molecule has 0 saturated carbocycles. The van der Waals surface area contributed by atoms with E-state index in [-0.39, 0.29) is 0 Å². The Labute approximate surface area is 196 Å². The minimum absolute atomic E-state index is 0.401. The molecule has 5 aromatic rings. The summed E-state index contributed by atoms with van der Waals surface area (Å²) >= 11 is 0. The molecule has 34 heavy (non-hydrogen) atoms. The van der Waals surface area contributed by atoms with Gasteiger partial charge >= 0.3 is 0 Å². The van der Waals surface area contributed by atoms with Crippen molar-refractivity contribution in [3.8, 4) is 5.69 Å². The van der Waals surface area contributed by atoms with Crippen LogP contribution < -0.4 is 10.9 Å². The second-order valence-corrected chi connectivity index (χ2v) is 8.05. The minimum atomic E-state index is -0.422. The van der Waals surface area contributed by atoms with Crippen molar-refractivity contribution in [1.82, 2.24) is 30.0 Å². The van der Waals surface area contributed by atoms with Crippen LogP contribution in [0.1, 0.15) is 39.3 Å². The number of hydrogen-bond acceptors (Lipinski definition) is 4. The Bertz CT molecular complexity index is 1550. The van der Waals surface area contributed by atoms with Gasteiger partial charge in [-0.25, -0.2) is 9.97 Å². The zero-order valence-electron chi connectivity index (χ0n) is 19.2. The number of hydrogen-bond donors (Lipinski definition) is 2. The zero-order chi connectivity index (χ0) is 23.8. The number of aryl methyl sites for hydroxylation is 3. The van der Waals surface area contributed by atoms with Crippen LogP contribution in [-0.4, -0.2) is 30.9 Å². The van der Waals surface area contributed by atoms with Crippen molar-refractivity contribution in [3.05, 3.63) is 89.5 Å². The van der Waals surface area contributed by atoms with Gasteiger partial charge in [0.25, 0.3) is 11.8 Å². The van der Waals surface area contributed by atoms with Crippen molar-refractivity contribution in [3.63, 3.8) is 0 Å². The van der Waals surface area contributed by atoms with Crippen LogP contribution in [0.3, 0.4) is 0 Å². The Kier molecular flexibility index (Phi) is 5.33. The fourth-order valence-electron chi connectivity index (χ4n) is 4.29. The third kappa shape index (κ3) is 3.69. The predicted molar refractivity (Wildman–Crippen MR) is 131 cm³/mol. The molecule has 0 saturated heterocycles. The summed E-state index contributed by atoms with van der Waals surface area (Å²) in [6, 6.07) is 20.5. The summed E-state index contributed by atoms with van der Waals surface area (Å²) in [6.07, 6.45) is 0. The van der Waals surface area contributed by atoms with E-state index in [9.17, 15) is 9.59 Å². The number of benzene rings is 3. The van der Waals surface area contributed by atoms with Gasteiger partial charge in [0.05, 0.1) is 22.1 Å². The number of nitrogens with zero attached hydrogens (tertiary/aromatic N) is 4. The monoisotopic (exact) mass is 452 g/mol. The fourth-order valence-corrected chi connectivity index (χ4v) is 4.29. The zero-order valence-corrected chi connectivity index (χ0v) is 19.2. The van der Waals surface area contributed by atoms with Crippen molar-refractivity contribution in [2.45, 2.75) is 27.3 Å². The number of carbonyl (C=O) groups excluding carboxylic acids is 2. The molecule has 0 spiro atoms. The van der Waals surface area contributed by atoms with Crippen LogP contribution in [0.5, 0.6) is 0 Å².